The number of halogens is 3. The summed E-state index contributed by atoms with van der Waals surface area (Å²) in [6, 6.07) is 0. The molecule has 1 fully saturated rings. The number of carbonyl (C=O) groups is 1. The van der Waals surface area contributed by atoms with Gasteiger partial charge in [0.2, 0.25) is 5.91 Å². The smallest absolute Gasteiger partial charge is 0.381 e. The molecule has 100 valence electrons. The molecule has 1 unspecified atom stereocenters. The lowest BCUT2D eigenvalue weighted by molar-refractivity contribution is -0.188. The zero-order valence-electron chi connectivity index (χ0n) is 9.86. The average Bonchev–Trinajstić information content (AvgIpc) is 2.16. The summed E-state index contributed by atoms with van der Waals surface area (Å²) in [4.78, 5) is 11.6. The molecule has 1 amide bonds. The second-order valence-corrected chi connectivity index (χ2v) is 4.83. The molecule has 1 atom stereocenters. The number of ether oxygens (including phenoxy) is 1. The van der Waals surface area contributed by atoms with Gasteiger partial charge in [-0.15, -0.1) is 0 Å². The first-order chi connectivity index (χ1) is 7.58. The van der Waals surface area contributed by atoms with E-state index in [1.807, 2.05) is 0 Å². The number of hydrogen-bond donors (Lipinski definition) is 2. The van der Waals surface area contributed by atoms with Crippen molar-refractivity contribution in [2.24, 2.45) is 5.73 Å². The first-order valence-electron chi connectivity index (χ1n) is 5.34. The van der Waals surface area contributed by atoms with Crippen molar-refractivity contribution in [3.63, 3.8) is 0 Å². The lowest BCUT2D eigenvalue weighted by Gasteiger charge is -2.37. The van der Waals surface area contributed by atoms with Crippen molar-refractivity contribution in [2.45, 2.75) is 43.9 Å². The number of alkyl halides is 3. The summed E-state index contributed by atoms with van der Waals surface area (Å²) >= 11 is 0. The first-order valence-corrected chi connectivity index (χ1v) is 5.34. The van der Waals surface area contributed by atoms with Gasteiger partial charge >= 0.3 is 6.18 Å². The van der Waals surface area contributed by atoms with Gasteiger partial charge in [-0.2, -0.15) is 13.2 Å². The van der Waals surface area contributed by atoms with Crippen molar-refractivity contribution < 1.29 is 22.7 Å². The van der Waals surface area contributed by atoms with Gasteiger partial charge in [-0.3, -0.25) is 4.79 Å². The highest BCUT2D eigenvalue weighted by molar-refractivity contribution is 5.87. The Balaban J connectivity index is 2.71. The lowest BCUT2D eigenvalue weighted by atomic mass is 9.90. The topological polar surface area (TPSA) is 64.4 Å². The Morgan fingerprint density at radius 3 is 2.24 bits per heavy atom. The van der Waals surface area contributed by atoms with Crippen LogP contribution in [0.15, 0.2) is 0 Å². The molecule has 0 aromatic carbocycles. The molecule has 0 aromatic rings. The predicted molar refractivity (Wildman–Crippen MR) is 55.2 cm³/mol. The van der Waals surface area contributed by atoms with Gasteiger partial charge in [-0.05, 0) is 26.7 Å². The highest BCUT2D eigenvalue weighted by Crippen LogP contribution is 2.29. The van der Waals surface area contributed by atoms with Crippen molar-refractivity contribution in [3.8, 4) is 0 Å². The van der Waals surface area contributed by atoms with Gasteiger partial charge < -0.3 is 15.8 Å². The fraction of sp³-hybridized carbons (Fsp3) is 0.900. The summed E-state index contributed by atoms with van der Waals surface area (Å²) < 4.78 is 42.8. The Hall–Kier alpha value is -0.820. The van der Waals surface area contributed by atoms with Crippen LogP contribution in [-0.4, -0.2) is 36.4 Å². The van der Waals surface area contributed by atoms with E-state index >= 15 is 0 Å². The van der Waals surface area contributed by atoms with Gasteiger partial charge in [0.1, 0.15) is 0 Å². The Morgan fingerprint density at radius 1 is 1.35 bits per heavy atom. The standard InChI is InChI=1S/C10H17F3N2O2/c1-8(3-5-17-6-4-8)15-7(16)9(2,14)10(11,12)13/h3-6,14H2,1-2H3,(H,15,16). The van der Waals surface area contributed by atoms with Crippen LogP contribution in [-0.2, 0) is 9.53 Å². The Bertz CT molecular complexity index is 296. The molecule has 3 N–H and O–H groups in total. The van der Waals surface area contributed by atoms with Crippen LogP contribution in [0.4, 0.5) is 13.2 Å². The van der Waals surface area contributed by atoms with E-state index in [0.29, 0.717) is 33.0 Å². The lowest BCUT2D eigenvalue weighted by Crippen LogP contribution is -2.65. The van der Waals surface area contributed by atoms with Gasteiger partial charge in [0.05, 0.1) is 0 Å². The van der Waals surface area contributed by atoms with E-state index in [1.54, 1.807) is 6.92 Å². The van der Waals surface area contributed by atoms with Crippen LogP contribution in [0, 0.1) is 0 Å². The van der Waals surface area contributed by atoms with E-state index in [2.05, 4.69) is 5.32 Å². The van der Waals surface area contributed by atoms with Crippen LogP contribution in [0.3, 0.4) is 0 Å². The van der Waals surface area contributed by atoms with Crippen LogP contribution in [0.25, 0.3) is 0 Å². The number of hydrogen-bond acceptors (Lipinski definition) is 3. The third kappa shape index (κ3) is 3.10. The molecule has 0 bridgehead atoms. The Labute approximate surface area is 97.7 Å². The van der Waals surface area contributed by atoms with Crippen LogP contribution in [0.5, 0.6) is 0 Å². The van der Waals surface area contributed by atoms with Crippen LogP contribution >= 0.6 is 0 Å². The van der Waals surface area contributed by atoms with Crippen molar-refractivity contribution in [1.29, 1.82) is 0 Å². The molecule has 1 saturated heterocycles. The van der Waals surface area contributed by atoms with Crippen LogP contribution < -0.4 is 11.1 Å². The van der Waals surface area contributed by atoms with E-state index in [0.717, 1.165) is 0 Å². The molecule has 17 heavy (non-hydrogen) atoms. The summed E-state index contributed by atoms with van der Waals surface area (Å²) in [5, 5.41) is 2.38. The second kappa shape index (κ2) is 4.45. The molecular weight excluding hydrogens is 237 g/mol. The quantitative estimate of drug-likeness (QED) is 0.771. The van der Waals surface area contributed by atoms with E-state index in [-0.39, 0.29) is 0 Å². The molecule has 0 aromatic heterocycles. The monoisotopic (exact) mass is 254 g/mol. The molecule has 1 rings (SSSR count). The van der Waals surface area contributed by atoms with Crippen LogP contribution in [0.2, 0.25) is 0 Å². The van der Waals surface area contributed by atoms with E-state index in [9.17, 15) is 18.0 Å². The number of nitrogens with one attached hydrogen (secondary N) is 1. The molecule has 0 saturated carbocycles. The summed E-state index contributed by atoms with van der Waals surface area (Å²) in [6.07, 6.45) is -3.81. The third-order valence-electron chi connectivity index (χ3n) is 3.07. The molecule has 4 nitrogen and oxygen atoms in total. The predicted octanol–water partition coefficient (Wildman–Crippen LogP) is 0.951. The van der Waals surface area contributed by atoms with Gasteiger partial charge in [0, 0.05) is 18.8 Å². The number of carbonyl (C=O) groups excluding carboxylic acids is 1. The molecular formula is C10H17F3N2O2. The Kier molecular flexibility index (Phi) is 3.73. The molecule has 0 spiro atoms. The summed E-state index contributed by atoms with van der Waals surface area (Å²) in [5.41, 5.74) is 1.50. The normalized spacial score (nSPS) is 23.9. The maximum absolute atomic E-state index is 12.6. The van der Waals surface area contributed by atoms with Crippen molar-refractivity contribution in [1.82, 2.24) is 5.32 Å². The minimum atomic E-state index is -4.77. The molecule has 0 radical (unpaired) electrons. The van der Waals surface area contributed by atoms with Crippen molar-refractivity contribution in [2.75, 3.05) is 13.2 Å². The highest BCUT2D eigenvalue weighted by atomic mass is 19.4. The van der Waals surface area contributed by atoms with Gasteiger partial charge in [0.25, 0.3) is 0 Å². The third-order valence-corrected chi connectivity index (χ3v) is 3.07. The van der Waals surface area contributed by atoms with E-state index < -0.39 is 23.2 Å². The van der Waals surface area contributed by atoms with Crippen molar-refractivity contribution in [3.05, 3.63) is 0 Å². The molecule has 1 aliphatic heterocycles. The summed E-state index contributed by atoms with van der Waals surface area (Å²) in [6.45, 7) is 3.21. The summed E-state index contributed by atoms with van der Waals surface area (Å²) in [5.74, 6) is -1.20. The SMILES string of the molecule is CC1(NC(=O)C(C)(N)C(F)(F)F)CCOCC1. The number of rotatable bonds is 2. The largest absolute Gasteiger partial charge is 0.415 e. The zero-order chi connectivity index (χ0) is 13.3. The Morgan fingerprint density at radius 2 is 1.82 bits per heavy atom. The van der Waals surface area contributed by atoms with Crippen molar-refractivity contribution >= 4 is 5.91 Å². The summed E-state index contributed by atoms with van der Waals surface area (Å²) in [7, 11) is 0. The second-order valence-electron chi connectivity index (χ2n) is 4.83. The highest BCUT2D eigenvalue weighted by Gasteiger charge is 2.54. The number of nitrogens with two attached hydrogens (primary N) is 1. The molecule has 1 aliphatic rings. The zero-order valence-corrected chi connectivity index (χ0v) is 9.86. The van der Waals surface area contributed by atoms with Gasteiger partial charge in [-0.1, -0.05) is 0 Å². The number of amides is 1. The maximum atomic E-state index is 12.6. The minimum Gasteiger partial charge on any atom is -0.381 e. The maximum Gasteiger partial charge on any atom is 0.415 e. The van der Waals surface area contributed by atoms with Crippen LogP contribution in [0.1, 0.15) is 26.7 Å². The molecule has 7 heteroatoms. The molecule has 1 heterocycles. The fourth-order valence-electron chi connectivity index (χ4n) is 1.48. The van der Waals surface area contributed by atoms with Gasteiger partial charge in [0.15, 0.2) is 5.54 Å². The molecule has 0 aliphatic carbocycles. The minimum absolute atomic E-state index is 0.421. The first kappa shape index (κ1) is 14.2. The van der Waals surface area contributed by atoms with E-state index in [4.69, 9.17) is 10.5 Å². The van der Waals surface area contributed by atoms with E-state index in [1.165, 1.54) is 0 Å². The average molecular weight is 254 g/mol. The van der Waals surface area contributed by atoms with Gasteiger partial charge in [-0.25, -0.2) is 0 Å². The fourth-order valence-corrected chi connectivity index (χ4v) is 1.48.